The van der Waals surface area contributed by atoms with Gasteiger partial charge >= 0.3 is 6.09 Å². The quantitative estimate of drug-likeness (QED) is 0.186. The number of aryl methyl sites for hydroxylation is 1. The standard InChI is InChI=1S/C36H46ClN3O4/c1-6-26-11-7-12-29(23-26)33-31(14-8-15-32(33)37)36(43,20-10-21-38-35(42)44-5)30-13-9-22-39(24-30)34(41)28-18-16-27(17-19-28)25-40(2,3)4/h7-8,11-12,14-19,23,30,43H,6,9-10,13,20-22,24-25H2,1-5H3/p+1/t30-,36+/m1/s1. The molecular formula is C36H47ClN3O4+. The molecule has 3 aromatic rings. The Bertz CT molecular complexity index is 1440. The number of amides is 2. The number of hydrogen-bond donors (Lipinski definition) is 2. The first-order valence-corrected chi connectivity index (χ1v) is 15.9. The Morgan fingerprint density at radius 1 is 1.07 bits per heavy atom. The zero-order valence-corrected chi connectivity index (χ0v) is 27.5. The molecule has 8 heteroatoms. The summed E-state index contributed by atoms with van der Waals surface area (Å²) in [6, 6.07) is 21.9. The number of quaternary nitrogens is 1. The van der Waals surface area contributed by atoms with Gasteiger partial charge in [-0.15, -0.1) is 0 Å². The van der Waals surface area contributed by atoms with Gasteiger partial charge in [0.2, 0.25) is 0 Å². The van der Waals surface area contributed by atoms with Crippen LogP contribution in [0.5, 0.6) is 0 Å². The number of aliphatic hydroxyl groups is 1. The number of alkyl carbamates (subject to hydrolysis) is 1. The lowest BCUT2D eigenvalue weighted by atomic mass is 9.72. The minimum Gasteiger partial charge on any atom is -0.453 e. The second kappa shape index (κ2) is 14.6. The average Bonchev–Trinajstić information content (AvgIpc) is 3.02. The van der Waals surface area contributed by atoms with E-state index in [1.54, 1.807) is 0 Å². The number of likely N-dealkylation sites (tertiary alicyclic amines) is 1. The molecule has 2 amide bonds. The molecule has 236 valence electrons. The van der Waals surface area contributed by atoms with Crippen molar-refractivity contribution in [3.8, 4) is 11.1 Å². The van der Waals surface area contributed by atoms with Crippen LogP contribution in [0.25, 0.3) is 11.1 Å². The molecule has 0 aliphatic carbocycles. The van der Waals surface area contributed by atoms with Crippen molar-refractivity contribution in [3.63, 3.8) is 0 Å². The van der Waals surface area contributed by atoms with E-state index in [1.165, 1.54) is 18.2 Å². The smallest absolute Gasteiger partial charge is 0.406 e. The molecule has 0 bridgehead atoms. The van der Waals surface area contributed by atoms with E-state index in [1.807, 2.05) is 59.5 Å². The maximum Gasteiger partial charge on any atom is 0.406 e. The average molecular weight is 621 g/mol. The van der Waals surface area contributed by atoms with Crippen LogP contribution in [-0.4, -0.2) is 74.4 Å². The van der Waals surface area contributed by atoms with Crippen molar-refractivity contribution in [1.29, 1.82) is 0 Å². The lowest BCUT2D eigenvalue weighted by molar-refractivity contribution is -0.884. The zero-order valence-electron chi connectivity index (χ0n) is 26.7. The van der Waals surface area contributed by atoms with E-state index in [-0.39, 0.29) is 11.8 Å². The summed E-state index contributed by atoms with van der Waals surface area (Å²) in [5.74, 6) is -0.259. The van der Waals surface area contributed by atoms with Crippen LogP contribution < -0.4 is 5.32 Å². The van der Waals surface area contributed by atoms with Gasteiger partial charge in [-0.3, -0.25) is 4.79 Å². The summed E-state index contributed by atoms with van der Waals surface area (Å²) in [7, 11) is 7.77. The fourth-order valence-electron chi connectivity index (χ4n) is 6.34. The number of rotatable bonds is 11. The molecule has 0 unspecified atom stereocenters. The molecule has 0 radical (unpaired) electrons. The first-order valence-electron chi connectivity index (χ1n) is 15.6. The van der Waals surface area contributed by atoms with Crippen LogP contribution in [0.1, 0.15) is 59.7 Å². The van der Waals surface area contributed by atoms with E-state index in [9.17, 15) is 14.7 Å². The maximum absolute atomic E-state index is 13.7. The van der Waals surface area contributed by atoms with Crippen molar-refractivity contribution in [3.05, 3.63) is 94.0 Å². The van der Waals surface area contributed by atoms with Crippen LogP contribution in [0.4, 0.5) is 4.79 Å². The minimum atomic E-state index is -1.30. The van der Waals surface area contributed by atoms with Crippen LogP contribution in [-0.2, 0) is 23.3 Å². The second-order valence-corrected chi connectivity index (χ2v) is 13.3. The normalized spacial score (nSPS) is 16.7. The van der Waals surface area contributed by atoms with E-state index in [0.717, 1.165) is 47.0 Å². The van der Waals surface area contributed by atoms with E-state index < -0.39 is 11.7 Å². The number of carbonyl (C=O) groups excluding carboxylic acids is 2. The fraction of sp³-hybridized carbons (Fsp3) is 0.444. The largest absolute Gasteiger partial charge is 0.453 e. The third kappa shape index (κ3) is 8.20. The van der Waals surface area contributed by atoms with E-state index >= 15 is 0 Å². The Kier molecular flexibility index (Phi) is 11.1. The Balaban J connectivity index is 1.67. The van der Waals surface area contributed by atoms with Gasteiger partial charge in [0.1, 0.15) is 6.54 Å². The van der Waals surface area contributed by atoms with Gasteiger partial charge in [0.05, 0.1) is 33.9 Å². The molecule has 0 spiro atoms. The minimum absolute atomic E-state index is 0.0248. The molecule has 1 aliphatic rings. The highest BCUT2D eigenvalue weighted by Crippen LogP contribution is 2.45. The molecule has 3 aromatic carbocycles. The third-order valence-corrected chi connectivity index (χ3v) is 8.85. The van der Waals surface area contributed by atoms with E-state index in [4.69, 9.17) is 16.3 Å². The zero-order chi connectivity index (χ0) is 31.9. The van der Waals surface area contributed by atoms with Crippen molar-refractivity contribution in [1.82, 2.24) is 10.2 Å². The molecule has 0 aromatic heterocycles. The molecule has 1 heterocycles. The molecule has 1 aliphatic heterocycles. The topological polar surface area (TPSA) is 78.9 Å². The number of carbonyl (C=O) groups is 2. The van der Waals surface area contributed by atoms with Gasteiger partial charge in [0.15, 0.2) is 0 Å². The Hall–Kier alpha value is -3.39. The van der Waals surface area contributed by atoms with Gasteiger partial charge in [-0.25, -0.2) is 4.79 Å². The number of halogens is 1. The van der Waals surface area contributed by atoms with Crippen molar-refractivity contribution in [2.45, 2.75) is 51.2 Å². The summed E-state index contributed by atoms with van der Waals surface area (Å²) in [4.78, 5) is 27.4. The summed E-state index contributed by atoms with van der Waals surface area (Å²) < 4.78 is 5.54. The fourth-order valence-corrected chi connectivity index (χ4v) is 6.62. The van der Waals surface area contributed by atoms with E-state index in [0.29, 0.717) is 43.1 Å². The van der Waals surface area contributed by atoms with Gasteiger partial charge in [0, 0.05) is 47.3 Å². The van der Waals surface area contributed by atoms with Crippen molar-refractivity contribution < 1.29 is 23.9 Å². The van der Waals surface area contributed by atoms with Gasteiger partial charge < -0.3 is 24.5 Å². The number of ether oxygens (including phenoxy) is 1. The number of piperidine rings is 1. The summed E-state index contributed by atoms with van der Waals surface area (Å²) in [5.41, 5.74) is 4.23. The number of methoxy groups -OCH3 is 1. The first-order chi connectivity index (χ1) is 20.9. The monoisotopic (exact) mass is 620 g/mol. The molecule has 0 saturated carbocycles. The number of benzene rings is 3. The van der Waals surface area contributed by atoms with Gasteiger partial charge in [-0.05, 0) is 67.0 Å². The Morgan fingerprint density at radius 2 is 1.80 bits per heavy atom. The van der Waals surface area contributed by atoms with Gasteiger partial charge in [0.25, 0.3) is 5.91 Å². The highest BCUT2D eigenvalue weighted by atomic mass is 35.5. The van der Waals surface area contributed by atoms with Crippen molar-refractivity contribution in [2.75, 3.05) is 47.9 Å². The molecule has 1 saturated heterocycles. The summed E-state index contributed by atoms with van der Waals surface area (Å²) >= 11 is 6.89. The molecule has 44 heavy (non-hydrogen) atoms. The molecule has 1 fully saturated rings. The van der Waals surface area contributed by atoms with Crippen LogP contribution >= 0.6 is 11.6 Å². The predicted molar refractivity (Wildman–Crippen MR) is 177 cm³/mol. The lowest BCUT2D eigenvalue weighted by Crippen LogP contribution is -2.48. The van der Waals surface area contributed by atoms with Gasteiger partial charge in [-0.1, -0.05) is 67.1 Å². The van der Waals surface area contributed by atoms with E-state index in [2.05, 4.69) is 45.5 Å². The number of hydrogen-bond acceptors (Lipinski definition) is 4. The maximum atomic E-state index is 13.7. The number of nitrogens with one attached hydrogen (secondary N) is 1. The molecule has 7 nitrogen and oxygen atoms in total. The third-order valence-electron chi connectivity index (χ3n) is 8.54. The van der Waals surface area contributed by atoms with Crippen LogP contribution in [0, 0.1) is 5.92 Å². The predicted octanol–water partition coefficient (Wildman–Crippen LogP) is 6.65. The lowest BCUT2D eigenvalue weighted by Gasteiger charge is -2.44. The molecule has 2 atom stereocenters. The molecule has 2 N–H and O–H groups in total. The number of nitrogens with zero attached hydrogens (tertiary/aromatic N) is 2. The Labute approximate surface area is 267 Å². The first kappa shape index (κ1) is 33.5. The summed E-state index contributed by atoms with van der Waals surface area (Å²) in [5, 5.41) is 16.1. The van der Waals surface area contributed by atoms with Crippen molar-refractivity contribution >= 4 is 23.6 Å². The Morgan fingerprint density at radius 3 is 2.48 bits per heavy atom. The highest BCUT2D eigenvalue weighted by Gasteiger charge is 2.43. The summed E-state index contributed by atoms with van der Waals surface area (Å²) in [6.07, 6.45) is 2.81. The highest BCUT2D eigenvalue weighted by molar-refractivity contribution is 6.33. The van der Waals surface area contributed by atoms with Gasteiger partial charge in [-0.2, -0.15) is 0 Å². The van der Waals surface area contributed by atoms with Crippen LogP contribution in [0.15, 0.2) is 66.7 Å². The molecule has 4 rings (SSSR count). The SMILES string of the molecule is CCc1cccc(-c2c(Cl)cccc2[C@](O)(CCCNC(=O)OC)[C@@H]2CCCN(C(=O)c3ccc(C[N+](C)(C)C)cc3)C2)c1. The van der Waals surface area contributed by atoms with Crippen LogP contribution in [0.3, 0.4) is 0 Å². The second-order valence-electron chi connectivity index (χ2n) is 12.9. The summed E-state index contributed by atoms with van der Waals surface area (Å²) in [6.45, 7) is 4.40. The van der Waals surface area contributed by atoms with Crippen LogP contribution in [0.2, 0.25) is 5.02 Å². The van der Waals surface area contributed by atoms with Crippen molar-refractivity contribution in [2.24, 2.45) is 5.92 Å². The molecular weight excluding hydrogens is 574 g/mol.